The van der Waals surface area contributed by atoms with Gasteiger partial charge in [-0.3, -0.25) is 4.79 Å². The van der Waals surface area contributed by atoms with Crippen molar-refractivity contribution in [1.29, 1.82) is 0 Å². The Bertz CT molecular complexity index is 721. The van der Waals surface area contributed by atoms with Crippen LogP contribution in [0.3, 0.4) is 0 Å². The lowest BCUT2D eigenvalue weighted by Crippen LogP contribution is -2.15. The Balaban J connectivity index is 2.08. The van der Waals surface area contributed by atoms with Gasteiger partial charge < -0.3 is 9.52 Å². The Morgan fingerprint density at radius 2 is 1.86 bits per heavy atom. The molecule has 0 radical (unpaired) electrons. The largest absolute Gasteiger partial charge is 0.508 e. The number of fused-ring (bicyclic) bond motifs is 1. The van der Waals surface area contributed by atoms with Crippen molar-refractivity contribution in [2.75, 3.05) is 0 Å². The van der Waals surface area contributed by atoms with Crippen LogP contribution in [-0.2, 0) is 6.42 Å². The fourth-order valence-corrected chi connectivity index (χ4v) is 3.37. The number of hydrogen-bond acceptors (Lipinski definition) is 3. The molecule has 0 saturated heterocycles. The molecule has 0 bridgehead atoms. The van der Waals surface area contributed by atoms with Crippen LogP contribution < -0.4 is 5.43 Å². The van der Waals surface area contributed by atoms with E-state index in [2.05, 4.69) is 0 Å². The van der Waals surface area contributed by atoms with Gasteiger partial charge in [-0.2, -0.15) is 0 Å². The van der Waals surface area contributed by atoms with Gasteiger partial charge in [0.15, 0.2) is 5.43 Å². The molecule has 112 valence electrons. The monoisotopic (exact) mass is 286 g/mol. The Kier molecular flexibility index (Phi) is 3.75. The number of phenolic OH excluding ortho intramolecular Hbond substituents is 1. The van der Waals surface area contributed by atoms with Crippen molar-refractivity contribution < 1.29 is 9.52 Å². The van der Waals surface area contributed by atoms with Crippen LogP contribution in [0.25, 0.3) is 11.0 Å². The predicted molar refractivity (Wildman–Crippen MR) is 83.9 cm³/mol. The minimum atomic E-state index is 0.0326. The molecule has 0 spiro atoms. The molecule has 1 aromatic heterocycles. The molecule has 1 saturated carbocycles. The molecule has 3 heteroatoms. The first kappa shape index (κ1) is 14.2. The molecule has 0 aliphatic heterocycles. The zero-order valence-electron chi connectivity index (χ0n) is 12.7. The molecule has 1 aromatic carbocycles. The van der Waals surface area contributed by atoms with Crippen LogP contribution in [0.5, 0.6) is 5.75 Å². The molecule has 1 aliphatic carbocycles. The first-order valence-corrected chi connectivity index (χ1v) is 7.82. The lowest BCUT2D eigenvalue weighted by molar-refractivity contribution is 0.334. The van der Waals surface area contributed by atoms with E-state index in [1.54, 1.807) is 19.1 Å². The van der Waals surface area contributed by atoms with Gasteiger partial charge in [0.25, 0.3) is 0 Å². The van der Waals surface area contributed by atoms with Gasteiger partial charge >= 0.3 is 0 Å². The van der Waals surface area contributed by atoms with Crippen molar-refractivity contribution in [3.8, 4) is 5.75 Å². The first-order valence-electron chi connectivity index (χ1n) is 7.82. The fourth-order valence-electron chi connectivity index (χ4n) is 3.37. The molecule has 3 nitrogen and oxygen atoms in total. The summed E-state index contributed by atoms with van der Waals surface area (Å²) in [5.41, 5.74) is 1.94. The number of benzene rings is 1. The van der Waals surface area contributed by atoms with E-state index < -0.39 is 0 Å². The minimum Gasteiger partial charge on any atom is -0.508 e. The first-order chi connectivity index (χ1) is 10.1. The van der Waals surface area contributed by atoms with Crippen molar-refractivity contribution in [1.82, 2.24) is 0 Å². The summed E-state index contributed by atoms with van der Waals surface area (Å²) >= 11 is 0. The highest BCUT2D eigenvalue weighted by Crippen LogP contribution is 2.30. The highest BCUT2D eigenvalue weighted by atomic mass is 16.3. The second-order valence-electron chi connectivity index (χ2n) is 6.27. The van der Waals surface area contributed by atoms with Crippen molar-refractivity contribution in [2.45, 2.75) is 52.4 Å². The Morgan fingerprint density at radius 1 is 1.14 bits per heavy atom. The summed E-state index contributed by atoms with van der Waals surface area (Å²) in [6.45, 7) is 3.64. The topological polar surface area (TPSA) is 50.4 Å². The quantitative estimate of drug-likeness (QED) is 0.898. The number of aromatic hydroxyl groups is 1. The lowest BCUT2D eigenvalue weighted by Gasteiger charge is -2.21. The van der Waals surface area contributed by atoms with Gasteiger partial charge in [-0.05, 0) is 31.9 Å². The predicted octanol–water partition coefficient (Wildman–Crippen LogP) is 4.24. The molecule has 0 atom stereocenters. The number of hydrogen-bond donors (Lipinski definition) is 1. The van der Waals surface area contributed by atoms with Gasteiger partial charge in [0, 0.05) is 17.5 Å². The third kappa shape index (κ3) is 2.57. The summed E-state index contributed by atoms with van der Waals surface area (Å²) in [6.07, 6.45) is 7.17. The van der Waals surface area contributed by atoms with E-state index in [0.29, 0.717) is 22.5 Å². The highest BCUT2D eigenvalue weighted by Gasteiger charge is 2.19. The molecule has 3 rings (SSSR count). The molecule has 0 unspecified atom stereocenters. The zero-order valence-corrected chi connectivity index (χ0v) is 12.7. The van der Waals surface area contributed by atoms with Crippen LogP contribution >= 0.6 is 0 Å². The number of aryl methyl sites for hydroxylation is 1. The van der Waals surface area contributed by atoms with Gasteiger partial charge in [0.2, 0.25) is 0 Å². The van der Waals surface area contributed by atoms with E-state index >= 15 is 0 Å². The molecule has 0 amide bonds. The van der Waals surface area contributed by atoms with Crippen molar-refractivity contribution in [3.05, 3.63) is 39.2 Å². The van der Waals surface area contributed by atoms with E-state index in [0.717, 1.165) is 17.7 Å². The minimum absolute atomic E-state index is 0.0326. The van der Waals surface area contributed by atoms with Crippen LogP contribution in [0, 0.1) is 19.8 Å². The lowest BCUT2D eigenvalue weighted by atomic mass is 9.85. The van der Waals surface area contributed by atoms with E-state index in [9.17, 15) is 9.90 Å². The zero-order chi connectivity index (χ0) is 15.0. The summed E-state index contributed by atoms with van der Waals surface area (Å²) in [5, 5.41) is 10.4. The van der Waals surface area contributed by atoms with E-state index in [-0.39, 0.29) is 11.2 Å². The van der Waals surface area contributed by atoms with Crippen LogP contribution in [-0.4, -0.2) is 5.11 Å². The smallest absolute Gasteiger partial charge is 0.195 e. The summed E-state index contributed by atoms with van der Waals surface area (Å²) in [7, 11) is 0. The Hall–Kier alpha value is -1.77. The molecular formula is C18H22O3. The molecule has 2 aromatic rings. The number of rotatable bonds is 2. The van der Waals surface area contributed by atoms with Gasteiger partial charge in [0.1, 0.15) is 17.1 Å². The van der Waals surface area contributed by atoms with Crippen molar-refractivity contribution in [3.63, 3.8) is 0 Å². The van der Waals surface area contributed by atoms with E-state index in [4.69, 9.17) is 4.42 Å². The van der Waals surface area contributed by atoms with Gasteiger partial charge in [-0.15, -0.1) is 0 Å². The molecule has 1 aliphatic rings. The van der Waals surface area contributed by atoms with E-state index in [1.807, 2.05) is 6.92 Å². The van der Waals surface area contributed by atoms with Gasteiger partial charge in [0.05, 0.1) is 5.39 Å². The second kappa shape index (κ2) is 5.55. The summed E-state index contributed by atoms with van der Waals surface area (Å²) in [4.78, 5) is 12.5. The normalized spacial score (nSPS) is 16.5. The SMILES string of the molecule is Cc1c(CC2CCCCC2)oc2c(C)c(O)ccc2c1=O. The Morgan fingerprint density at radius 3 is 2.57 bits per heavy atom. The Labute approximate surface area is 124 Å². The van der Waals surface area contributed by atoms with Crippen LogP contribution in [0.15, 0.2) is 21.3 Å². The molecule has 21 heavy (non-hydrogen) atoms. The third-order valence-corrected chi connectivity index (χ3v) is 4.80. The maximum Gasteiger partial charge on any atom is 0.195 e. The van der Waals surface area contributed by atoms with Crippen LogP contribution in [0.2, 0.25) is 0 Å². The van der Waals surface area contributed by atoms with E-state index in [1.165, 1.54) is 32.1 Å². The summed E-state index contributed by atoms with van der Waals surface area (Å²) in [5.74, 6) is 1.60. The molecular weight excluding hydrogens is 264 g/mol. The van der Waals surface area contributed by atoms with Gasteiger partial charge in [-0.25, -0.2) is 0 Å². The van der Waals surface area contributed by atoms with Crippen LogP contribution in [0.1, 0.15) is 49.0 Å². The standard InChI is InChI=1S/C18H22O3/c1-11-15(19)9-8-14-17(20)12(2)16(21-18(11)14)10-13-6-4-3-5-7-13/h8-9,13,19H,3-7,10H2,1-2H3. The summed E-state index contributed by atoms with van der Waals surface area (Å²) < 4.78 is 6.03. The van der Waals surface area contributed by atoms with Gasteiger partial charge in [-0.1, -0.05) is 32.1 Å². The molecule has 1 heterocycles. The summed E-state index contributed by atoms with van der Waals surface area (Å²) in [6, 6.07) is 3.22. The van der Waals surface area contributed by atoms with Crippen molar-refractivity contribution in [2.24, 2.45) is 5.92 Å². The maximum absolute atomic E-state index is 12.5. The molecule has 1 N–H and O–H groups in total. The highest BCUT2D eigenvalue weighted by molar-refractivity contribution is 5.82. The second-order valence-corrected chi connectivity index (χ2v) is 6.27. The average Bonchev–Trinajstić information content (AvgIpc) is 2.50. The fraction of sp³-hybridized carbons (Fsp3) is 0.500. The third-order valence-electron chi connectivity index (χ3n) is 4.80. The van der Waals surface area contributed by atoms with Crippen LogP contribution in [0.4, 0.5) is 0 Å². The molecule has 1 fully saturated rings. The number of phenols is 1. The van der Waals surface area contributed by atoms with Crippen molar-refractivity contribution >= 4 is 11.0 Å². The average molecular weight is 286 g/mol. The maximum atomic E-state index is 12.5.